The van der Waals surface area contributed by atoms with Crippen LogP contribution < -0.4 is 0 Å². The number of hydrogen-bond acceptors (Lipinski definition) is 4. The molecule has 35 heavy (non-hydrogen) atoms. The third-order valence-corrected chi connectivity index (χ3v) is 11.3. The lowest BCUT2D eigenvalue weighted by Crippen LogP contribution is -2.48. The molecule has 0 aliphatic carbocycles. The quantitative estimate of drug-likeness (QED) is 0.465. The first-order valence-electron chi connectivity index (χ1n) is 12.5. The Morgan fingerprint density at radius 1 is 0.886 bits per heavy atom. The van der Waals surface area contributed by atoms with Crippen molar-refractivity contribution in [2.45, 2.75) is 55.1 Å². The van der Waals surface area contributed by atoms with Crippen LogP contribution in [-0.4, -0.2) is 48.0 Å². The van der Waals surface area contributed by atoms with Crippen molar-refractivity contribution in [1.29, 1.82) is 0 Å². The van der Waals surface area contributed by atoms with E-state index in [9.17, 15) is 8.42 Å². The van der Waals surface area contributed by atoms with Gasteiger partial charge in [-0.05, 0) is 55.9 Å². The number of rotatable bonds is 5. The van der Waals surface area contributed by atoms with Gasteiger partial charge < -0.3 is 0 Å². The van der Waals surface area contributed by atoms with Gasteiger partial charge in [-0.3, -0.25) is 4.90 Å². The van der Waals surface area contributed by atoms with Crippen molar-refractivity contribution in [1.82, 2.24) is 9.21 Å². The summed E-state index contributed by atoms with van der Waals surface area (Å²) in [5.41, 5.74) is 4.87. The molecule has 3 aromatic rings. The molecule has 6 heteroatoms. The second-order valence-electron chi connectivity index (χ2n) is 10.3. The van der Waals surface area contributed by atoms with Gasteiger partial charge in [0.05, 0.1) is 10.3 Å². The van der Waals surface area contributed by atoms with Gasteiger partial charge in [0, 0.05) is 30.4 Å². The average molecular weight is 505 g/mol. The molecule has 0 N–H and O–H groups in total. The summed E-state index contributed by atoms with van der Waals surface area (Å²) in [5, 5.41) is 0.288. The van der Waals surface area contributed by atoms with E-state index in [0.717, 1.165) is 24.2 Å². The van der Waals surface area contributed by atoms with Crippen LogP contribution in [-0.2, 0) is 16.4 Å². The van der Waals surface area contributed by atoms with Crippen LogP contribution in [0.5, 0.6) is 0 Å². The van der Waals surface area contributed by atoms with Gasteiger partial charge in [-0.15, -0.1) is 11.8 Å². The van der Waals surface area contributed by atoms with E-state index in [0.29, 0.717) is 23.4 Å². The third-order valence-electron chi connectivity index (χ3n) is 8.00. The molecular formula is C29H32N2O2S2. The molecule has 3 aromatic carbocycles. The normalized spacial score (nSPS) is 28.8. The first-order valence-corrected chi connectivity index (χ1v) is 15.0. The summed E-state index contributed by atoms with van der Waals surface area (Å²) in [6.07, 6.45) is 1.81. The minimum absolute atomic E-state index is 0.0784. The minimum Gasteiger partial charge on any atom is -0.279 e. The number of nitrogens with zero attached hydrogens (tertiary/aromatic N) is 2. The molecule has 0 radical (unpaired) electrons. The van der Waals surface area contributed by atoms with Crippen LogP contribution in [0.3, 0.4) is 0 Å². The molecule has 0 aromatic heterocycles. The van der Waals surface area contributed by atoms with E-state index in [1.54, 1.807) is 12.1 Å². The average Bonchev–Trinajstić information content (AvgIpc) is 3.51. The zero-order valence-corrected chi connectivity index (χ0v) is 21.9. The van der Waals surface area contributed by atoms with E-state index >= 15 is 0 Å². The molecule has 0 spiro atoms. The third kappa shape index (κ3) is 4.14. The summed E-state index contributed by atoms with van der Waals surface area (Å²) >= 11 is 2.02. The monoisotopic (exact) mass is 504 g/mol. The highest BCUT2D eigenvalue weighted by atomic mass is 32.2. The van der Waals surface area contributed by atoms with E-state index in [1.165, 1.54) is 16.7 Å². The van der Waals surface area contributed by atoms with Crippen molar-refractivity contribution in [3.05, 3.63) is 101 Å². The first kappa shape index (κ1) is 23.3. The van der Waals surface area contributed by atoms with Gasteiger partial charge in [0.25, 0.3) is 0 Å². The molecule has 6 rings (SSSR count). The number of sulfonamides is 1. The summed E-state index contributed by atoms with van der Waals surface area (Å²) in [6, 6.07) is 27.3. The first-order chi connectivity index (χ1) is 16.9. The lowest BCUT2D eigenvalue weighted by Gasteiger charge is -2.36. The van der Waals surface area contributed by atoms with Gasteiger partial charge in [0.2, 0.25) is 10.0 Å². The highest BCUT2D eigenvalue weighted by Crippen LogP contribution is 2.54. The molecular weight excluding hydrogens is 472 g/mol. The van der Waals surface area contributed by atoms with Crippen LogP contribution in [0.2, 0.25) is 0 Å². The SMILES string of the molecule is Cc1ccc([C@@H]2SCC3C[C@@H]4CN(S(=O)(=O)c5ccc(C)cc5)[C@@H](Cc5ccccc5)[C@@H]4N32)cc1. The smallest absolute Gasteiger partial charge is 0.243 e. The lowest BCUT2D eigenvalue weighted by atomic mass is 9.94. The number of thioether (sulfide) groups is 1. The number of aryl methyl sites for hydroxylation is 2. The zero-order chi connectivity index (χ0) is 24.2. The molecule has 5 atom stereocenters. The van der Waals surface area contributed by atoms with Gasteiger partial charge in [-0.25, -0.2) is 8.42 Å². The Hall–Kier alpha value is -2.12. The van der Waals surface area contributed by atoms with E-state index < -0.39 is 10.0 Å². The van der Waals surface area contributed by atoms with Crippen molar-refractivity contribution in [3.8, 4) is 0 Å². The standard InChI is InChI=1S/C29H32N2O2S2/c1-20-8-12-23(13-9-20)29-31-25(19-34-29)17-24-18-30(35(32,33)26-14-10-21(2)11-15-26)27(28(24)31)16-22-6-4-3-5-7-22/h3-15,24-25,27-29H,16-19H2,1-2H3/t24-,25?,27+,28-,29+/m1/s1. The van der Waals surface area contributed by atoms with Crippen LogP contribution in [0.1, 0.15) is 34.0 Å². The number of fused-ring (bicyclic) bond motifs is 3. The molecule has 0 amide bonds. The van der Waals surface area contributed by atoms with E-state index in [2.05, 4.69) is 60.4 Å². The summed E-state index contributed by atoms with van der Waals surface area (Å²) in [4.78, 5) is 3.08. The van der Waals surface area contributed by atoms with E-state index in [1.807, 2.05) is 41.2 Å². The minimum atomic E-state index is -3.58. The summed E-state index contributed by atoms with van der Waals surface area (Å²) in [5.74, 6) is 1.48. The van der Waals surface area contributed by atoms with E-state index in [-0.39, 0.29) is 17.5 Å². The molecule has 3 heterocycles. The van der Waals surface area contributed by atoms with E-state index in [4.69, 9.17) is 0 Å². The van der Waals surface area contributed by atoms with Crippen LogP contribution in [0.25, 0.3) is 0 Å². The fraction of sp³-hybridized carbons (Fsp3) is 0.379. The highest BCUT2D eigenvalue weighted by molar-refractivity contribution is 7.99. The molecule has 3 aliphatic rings. The molecule has 0 saturated carbocycles. The second-order valence-corrected chi connectivity index (χ2v) is 13.3. The van der Waals surface area contributed by atoms with Crippen LogP contribution in [0, 0.1) is 19.8 Å². The maximum Gasteiger partial charge on any atom is 0.243 e. The van der Waals surface area contributed by atoms with Crippen LogP contribution >= 0.6 is 11.8 Å². The highest BCUT2D eigenvalue weighted by Gasteiger charge is 2.58. The molecule has 4 nitrogen and oxygen atoms in total. The van der Waals surface area contributed by atoms with Gasteiger partial charge in [-0.2, -0.15) is 4.31 Å². The predicted octanol–water partition coefficient (Wildman–Crippen LogP) is 5.42. The fourth-order valence-corrected chi connectivity index (χ4v) is 9.56. The van der Waals surface area contributed by atoms with Crippen LogP contribution in [0.4, 0.5) is 0 Å². The van der Waals surface area contributed by atoms with Gasteiger partial charge in [-0.1, -0.05) is 77.9 Å². The van der Waals surface area contributed by atoms with Crippen molar-refractivity contribution in [3.63, 3.8) is 0 Å². The predicted molar refractivity (Wildman–Crippen MR) is 143 cm³/mol. The Balaban J connectivity index is 1.39. The summed E-state index contributed by atoms with van der Waals surface area (Å²) in [6.45, 7) is 4.73. The van der Waals surface area contributed by atoms with Gasteiger partial charge in [0.1, 0.15) is 0 Å². The second kappa shape index (κ2) is 9.07. The maximum absolute atomic E-state index is 14.0. The van der Waals surface area contributed by atoms with Crippen molar-refractivity contribution >= 4 is 21.8 Å². The summed E-state index contributed by atoms with van der Waals surface area (Å²) in [7, 11) is -3.58. The zero-order valence-electron chi connectivity index (χ0n) is 20.2. The number of benzene rings is 3. The lowest BCUT2D eigenvalue weighted by molar-refractivity contribution is 0.160. The topological polar surface area (TPSA) is 40.6 Å². The molecule has 3 aliphatic heterocycles. The van der Waals surface area contributed by atoms with Crippen LogP contribution in [0.15, 0.2) is 83.8 Å². The fourth-order valence-electron chi connectivity index (χ4n) is 6.32. The molecule has 1 unspecified atom stereocenters. The Morgan fingerprint density at radius 3 is 2.23 bits per heavy atom. The molecule has 182 valence electrons. The van der Waals surface area contributed by atoms with Crippen molar-refractivity contribution < 1.29 is 8.42 Å². The molecule has 0 bridgehead atoms. The Morgan fingerprint density at radius 2 is 1.54 bits per heavy atom. The maximum atomic E-state index is 14.0. The van der Waals surface area contributed by atoms with Crippen molar-refractivity contribution in [2.24, 2.45) is 5.92 Å². The Bertz CT molecular complexity index is 1290. The molecule has 3 saturated heterocycles. The number of hydrogen-bond donors (Lipinski definition) is 0. The Kier molecular flexibility index (Phi) is 6.04. The van der Waals surface area contributed by atoms with Gasteiger partial charge >= 0.3 is 0 Å². The summed E-state index contributed by atoms with van der Waals surface area (Å²) < 4.78 is 29.8. The largest absolute Gasteiger partial charge is 0.279 e. The van der Waals surface area contributed by atoms with Gasteiger partial charge in [0.15, 0.2) is 0 Å². The Labute approximate surface area is 213 Å². The van der Waals surface area contributed by atoms with Crippen molar-refractivity contribution in [2.75, 3.05) is 12.3 Å². The molecule has 3 fully saturated rings.